The SMILES string of the molecule is O=P(O)(O)O.c1ccc2[nH]ccc2c1. The second-order valence-corrected chi connectivity index (χ2v) is 3.60. The Balaban J connectivity index is 0.000000171. The van der Waals surface area contributed by atoms with Gasteiger partial charge in [0.1, 0.15) is 0 Å². The van der Waals surface area contributed by atoms with E-state index in [-0.39, 0.29) is 0 Å². The summed E-state index contributed by atoms with van der Waals surface area (Å²) in [4.78, 5) is 24.7. The number of hydrogen-bond donors (Lipinski definition) is 4. The second-order valence-electron chi connectivity index (χ2n) is 2.58. The molecule has 0 radical (unpaired) electrons. The molecular formula is C8H10NO4P. The Kier molecular flexibility index (Phi) is 3.43. The monoisotopic (exact) mass is 215 g/mol. The lowest BCUT2D eigenvalue weighted by molar-refractivity contribution is 0.275. The lowest BCUT2D eigenvalue weighted by Gasteiger charge is -1.83. The lowest BCUT2D eigenvalue weighted by Crippen LogP contribution is -1.66. The zero-order valence-corrected chi connectivity index (χ0v) is 8.06. The highest BCUT2D eigenvalue weighted by Crippen LogP contribution is 2.25. The summed E-state index contributed by atoms with van der Waals surface area (Å²) in [5.41, 5.74) is 1.21. The third-order valence-electron chi connectivity index (χ3n) is 1.46. The lowest BCUT2D eigenvalue weighted by atomic mass is 10.3. The molecule has 5 nitrogen and oxygen atoms in total. The van der Waals surface area contributed by atoms with Gasteiger partial charge in [0.05, 0.1) is 0 Å². The van der Waals surface area contributed by atoms with Gasteiger partial charge in [-0.05, 0) is 17.5 Å². The molecule has 0 aliphatic heterocycles. The maximum Gasteiger partial charge on any atom is 0.466 e. The van der Waals surface area contributed by atoms with Gasteiger partial charge in [-0.1, -0.05) is 18.2 Å². The van der Waals surface area contributed by atoms with E-state index < -0.39 is 7.82 Å². The zero-order chi connectivity index (χ0) is 10.6. The number of nitrogens with one attached hydrogen (secondary N) is 1. The zero-order valence-electron chi connectivity index (χ0n) is 7.16. The Morgan fingerprint density at radius 2 is 1.64 bits per heavy atom. The van der Waals surface area contributed by atoms with Crippen LogP contribution >= 0.6 is 7.82 Å². The molecule has 0 saturated carbocycles. The molecule has 2 aromatic rings. The largest absolute Gasteiger partial charge is 0.466 e. The number of aromatic nitrogens is 1. The molecule has 1 aromatic carbocycles. The van der Waals surface area contributed by atoms with E-state index in [1.165, 1.54) is 10.9 Å². The summed E-state index contributed by atoms with van der Waals surface area (Å²) < 4.78 is 8.88. The van der Waals surface area contributed by atoms with Crippen LogP contribution in [0, 0.1) is 0 Å². The molecule has 6 heteroatoms. The van der Waals surface area contributed by atoms with E-state index >= 15 is 0 Å². The minimum atomic E-state index is -4.64. The van der Waals surface area contributed by atoms with Crippen LogP contribution in [-0.2, 0) is 4.57 Å². The third-order valence-corrected chi connectivity index (χ3v) is 1.46. The van der Waals surface area contributed by atoms with Crippen molar-refractivity contribution in [3.05, 3.63) is 36.5 Å². The summed E-state index contributed by atoms with van der Waals surface area (Å²) in [6, 6.07) is 10.3. The van der Waals surface area contributed by atoms with E-state index in [1.54, 1.807) is 0 Å². The number of fused-ring (bicyclic) bond motifs is 1. The molecule has 0 spiro atoms. The average molecular weight is 215 g/mol. The van der Waals surface area contributed by atoms with Crippen molar-refractivity contribution in [3.8, 4) is 0 Å². The van der Waals surface area contributed by atoms with E-state index in [0.717, 1.165) is 0 Å². The molecule has 0 saturated heterocycles. The Morgan fingerprint density at radius 1 is 1.07 bits per heavy atom. The van der Waals surface area contributed by atoms with Crippen molar-refractivity contribution < 1.29 is 19.2 Å². The maximum atomic E-state index is 8.88. The minimum Gasteiger partial charge on any atom is -0.361 e. The van der Waals surface area contributed by atoms with E-state index in [2.05, 4.69) is 23.2 Å². The van der Waals surface area contributed by atoms with Crippen LogP contribution < -0.4 is 0 Å². The molecule has 0 unspecified atom stereocenters. The molecular weight excluding hydrogens is 205 g/mol. The van der Waals surface area contributed by atoms with Crippen molar-refractivity contribution in [1.82, 2.24) is 4.98 Å². The van der Waals surface area contributed by atoms with E-state index in [4.69, 9.17) is 19.2 Å². The van der Waals surface area contributed by atoms with Crippen LogP contribution in [-0.4, -0.2) is 19.7 Å². The van der Waals surface area contributed by atoms with E-state index in [0.29, 0.717) is 0 Å². The summed E-state index contributed by atoms with van der Waals surface area (Å²) in [5, 5.41) is 1.28. The van der Waals surface area contributed by atoms with E-state index in [9.17, 15) is 0 Å². The fourth-order valence-electron chi connectivity index (χ4n) is 0.995. The summed E-state index contributed by atoms with van der Waals surface area (Å²) in [6.07, 6.45) is 1.95. The number of benzene rings is 1. The molecule has 14 heavy (non-hydrogen) atoms. The summed E-state index contributed by atoms with van der Waals surface area (Å²) in [7, 11) is -4.64. The first-order valence-corrected chi connectivity index (χ1v) is 5.34. The number of para-hydroxylation sites is 1. The molecule has 4 N–H and O–H groups in total. The molecule has 0 aliphatic carbocycles. The quantitative estimate of drug-likeness (QED) is 0.497. The van der Waals surface area contributed by atoms with Gasteiger partial charge >= 0.3 is 7.82 Å². The predicted octanol–water partition coefficient (Wildman–Crippen LogP) is 1.24. The van der Waals surface area contributed by atoms with Gasteiger partial charge in [0.15, 0.2) is 0 Å². The minimum absolute atomic E-state index is 1.21. The van der Waals surface area contributed by atoms with Crippen LogP contribution in [0.1, 0.15) is 0 Å². The highest BCUT2D eigenvalue weighted by molar-refractivity contribution is 7.45. The number of rotatable bonds is 0. The second kappa shape index (κ2) is 4.39. The number of H-pyrrole nitrogens is 1. The standard InChI is InChI=1S/C8H7N.H3O4P/c1-2-4-8-7(3-1)5-6-9-8;1-5(2,3)4/h1-6,9H;(H3,1,2,3,4). The van der Waals surface area contributed by atoms with Crippen LogP contribution in [0.25, 0.3) is 10.9 Å². The van der Waals surface area contributed by atoms with Crippen molar-refractivity contribution in [2.45, 2.75) is 0 Å². The van der Waals surface area contributed by atoms with Crippen LogP contribution in [0.3, 0.4) is 0 Å². The first-order valence-electron chi connectivity index (χ1n) is 3.77. The van der Waals surface area contributed by atoms with Gasteiger partial charge in [-0.15, -0.1) is 0 Å². The molecule has 1 aromatic heterocycles. The van der Waals surface area contributed by atoms with Crippen molar-refractivity contribution in [2.75, 3.05) is 0 Å². The van der Waals surface area contributed by atoms with Gasteiger partial charge in [-0.2, -0.15) is 0 Å². The summed E-state index contributed by atoms with van der Waals surface area (Å²) in [6.45, 7) is 0. The van der Waals surface area contributed by atoms with Crippen molar-refractivity contribution >= 4 is 18.7 Å². The Hall–Kier alpha value is -1.13. The van der Waals surface area contributed by atoms with Crippen LogP contribution in [0.4, 0.5) is 0 Å². The Labute approximate surface area is 80.3 Å². The molecule has 0 bridgehead atoms. The van der Waals surface area contributed by atoms with Crippen LogP contribution in [0.5, 0.6) is 0 Å². The fourth-order valence-corrected chi connectivity index (χ4v) is 0.995. The molecule has 1 heterocycles. The third kappa shape index (κ3) is 4.20. The van der Waals surface area contributed by atoms with Gasteiger partial charge in [0, 0.05) is 11.7 Å². The summed E-state index contributed by atoms with van der Waals surface area (Å²) >= 11 is 0. The predicted molar refractivity (Wildman–Crippen MR) is 52.6 cm³/mol. The Bertz CT molecular complexity index is 409. The first kappa shape index (κ1) is 10.9. The number of hydrogen-bond acceptors (Lipinski definition) is 1. The van der Waals surface area contributed by atoms with Crippen LogP contribution in [0.2, 0.25) is 0 Å². The van der Waals surface area contributed by atoms with E-state index in [1.807, 2.05) is 18.3 Å². The van der Waals surface area contributed by atoms with Gasteiger partial charge in [0.2, 0.25) is 0 Å². The van der Waals surface area contributed by atoms with Gasteiger partial charge < -0.3 is 19.7 Å². The first-order chi connectivity index (χ1) is 6.47. The van der Waals surface area contributed by atoms with Crippen molar-refractivity contribution in [3.63, 3.8) is 0 Å². The molecule has 0 aliphatic rings. The highest BCUT2D eigenvalue weighted by Gasteiger charge is 2.00. The smallest absolute Gasteiger partial charge is 0.361 e. The summed E-state index contributed by atoms with van der Waals surface area (Å²) in [5.74, 6) is 0. The number of aromatic amines is 1. The molecule has 0 fully saturated rings. The fraction of sp³-hybridized carbons (Fsp3) is 0. The highest BCUT2D eigenvalue weighted by atomic mass is 31.2. The molecule has 76 valence electrons. The average Bonchev–Trinajstić information content (AvgIpc) is 2.47. The van der Waals surface area contributed by atoms with Gasteiger partial charge in [0.25, 0.3) is 0 Å². The topological polar surface area (TPSA) is 93.6 Å². The Morgan fingerprint density at radius 3 is 2.21 bits per heavy atom. The normalized spacial score (nSPS) is 10.8. The maximum absolute atomic E-state index is 8.88. The van der Waals surface area contributed by atoms with Crippen LogP contribution in [0.15, 0.2) is 36.5 Å². The van der Waals surface area contributed by atoms with Crippen molar-refractivity contribution in [1.29, 1.82) is 0 Å². The molecule has 2 rings (SSSR count). The van der Waals surface area contributed by atoms with Gasteiger partial charge in [-0.3, -0.25) is 0 Å². The number of phosphoric acid groups is 1. The van der Waals surface area contributed by atoms with Crippen molar-refractivity contribution in [2.24, 2.45) is 0 Å². The van der Waals surface area contributed by atoms with Gasteiger partial charge in [-0.25, -0.2) is 4.57 Å². The molecule has 0 atom stereocenters. The molecule has 0 amide bonds.